The largest absolute Gasteiger partial charge is 0.457 e. The van der Waals surface area contributed by atoms with Crippen molar-refractivity contribution in [2.24, 2.45) is 0 Å². The van der Waals surface area contributed by atoms with Crippen LogP contribution in [0.5, 0.6) is 11.5 Å². The Balaban J connectivity index is 1.58. The average Bonchev–Trinajstić information content (AvgIpc) is 3.08. The molecule has 0 fully saturated rings. The van der Waals surface area contributed by atoms with Crippen molar-refractivity contribution in [1.29, 1.82) is 0 Å². The van der Waals surface area contributed by atoms with Gasteiger partial charge in [-0.1, -0.05) is 47.5 Å². The number of carbonyl (C=O) groups is 1. The maximum atomic E-state index is 12.9. The molecule has 0 saturated heterocycles. The smallest absolute Gasteiger partial charge is 0.256 e. The molecule has 2 aromatic carbocycles. The van der Waals surface area contributed by atoms with Crippen molar-refractivity contribution < 1.29 is 9.53 Å². The van der Waals surface area contributed by atoms with Crippen LogP contribution in [-0.2, 0) is 0 Å². The van der Waals surface area contributed by atoms with E-state index < -0.39 is 0 Å². The Bertz CT molecular complexity index is 1210. The third-order valence-corrected chi connectivity index (χ3v) is 4.62. The van der Waals surface area contributed by atoms with E-state index in [1.165, 1.54) is 10.9 Å². The van der Waals surface area contributed by atoms with Gasteiger partial charge >= 0.3 is 0 Å². The van der Waals surface area contributed by atoms with Gasteiger partial charge in [0.1, 0.15) is 17.3 Å². The summed E-state index contributed by atoms with van der Waals surface area (Å²) >= 11 is 12.2. The number of carbonyl (C=O) groups excluding carboxylic acids is 1. The lowest BCUT2D eigenvalue weighted by Crippen LogP contribution is -2.15. The van der Waals surface area contributed by atoms with Gasteiger partial charge in [-0.2, -0.15) is 9.78 Å². The number of rotatable bonds is 5. The normalized spacial score (nSPS) is 10.6. The van der Waals surface area contributed by atoms with Gasteiger partial charge in [0.2, 0.25) is 0 Å². The Morgan fingerprint density at radius 3 is 2.53 bits per heavy atom. The molecule has 4 aromatic rings. The number of nitrogens with one attached hydrogen (secondary N) is 1. The van der Waals surface area contributed by atoms with Gasteiger partial charge in [0.25, 0.3) is 5.91 Å². The van der Waals surface area contributed by atoms with Crippen LogP contribution in [0.25, 0.3) is 5.82 Å². The summed E-state index contributed by atoms with van der Waals surface area (Å²) in [5.41, 5.74) is 1.13. The highest BCUT2D eigenvalue weighted by Gasteiger charge is 2.16. The second kappa shape index (κ2) is 8.57. The standard InChI is InChI=1S/C22H16Cl2N4O2/c1-14-10-20(28(27-14)21-19(24)12-16(23)13-25-21)26-22(29)15-6-5-9-18(11-15)30-17-7-3-2-4-8-17/h2-13H,1H3,(H,26,29). The fourth-order valence-corrected chi connectivity index (χ4v) is 3.29. The topological polar surface area (TPSA) is 69.0 Å². The van der Waals surface area contributed by atoms with Gasteiger partial charge in [-0.05, 0) is 43.3 Å². The Hall–Kier alpha value is -3.35. The Labute approximate surface area is 183 Å². The van der Waals surface area contributed by atoms with Gasteiger partial charge in [-0.25, -0.2) is 4.98 Å². The van der Waals surface area contributed by atoms with Crippen molar-refractivity contribution in [3.8, 4) is 17.3 Å². The minimum atomic E-state index is -0.320. The van der Waals surface area contributed by atoms with E-state index in [9.17, 15) is 4.79 Å². The number of halogens is 2. The molecule has 0 aliphatic heterocycles. The second-order valence-electron chi connectivity index (χ2n) is 6.44. The SMILES string of the molecule is Cc1cc(NC(=O)c2cccc(Oc3ccccc3)c2)n(-c2ncc(Cl)cc2Cl)n1. The molecule has 30 heavy (non-hydrogen) atoms. The zero-order chi connectivity index (χ0) is 21.1. The van der Waals surface area contributed by atoms with Crippen LogP contribution < -0.4 is 10.1 Å². The predicted molar refractivity (Wildman–Crippen MR) is 117 cm³/mol. The van der Waals surface area contributed by atoms with Crippen molar-refractivity contribution in [3.05, 3.63) is 94.2 Å². The van der Waals surface area contributed by atoms with E-state index in [2.05, 4.69) is 15.4 Å². The van der Waals surface area contributed by atoms with E-state index >= 15 is 0 Å². The molecule has 4 rings (SSSR count). The number of hydrogen-bond donors (Lipinski definition) is 1. The van der Waals surface area contributed by atoms with Gasteiger partial charge in [0.05, 0.1) is 15.7 Å². The minimum Gasteiger partial charge on any atom is -0.457 e. The summed E-state index contributed by atoms with van der Waals surface area (Å²) in [6, 6.07) is 19.6. The summed E-state index contributed by atoms with van der Waals surface area (Å²) < 4.78 is 7.27. The zero-order valence-electron chi connectivity index (χ0n) is 15.8. The maximum Gasteiger partial charge on any atom is 0.256 e. The molecular weight excluding hydrogens is 423 g/mol. The minimum absolute atomic E-state index is 0.319. The Kier molecular flexibility index (Phi) is 5.70. The van der Waals surface area contributed by atoms with Crippen molar-refractivity contribution >= 4 is 34.9 Å². The Morgan fingerprint density at radius 1 is 1.00 bits per heavy atom. The lowest BCUT2D eigenvalue weighted by Gasteiger charge is -2.11. The third-order valence-electron chi connectivity index (χ3n) is 4.14. The number of aromatic nitrogens is 3. The molecule has 0 radical (unpaired) electrons. The van der Waals surface area contributed by atoms with Crippen LogP contribution in [-0.4, -0.2) is 20.7 Å². The summed E-state index contributed by atoms with van der Waals surface area (Å²) in [4.78, 5) is 17.1. The maximum absolute atomic E-state index is 12.9. The molecule has 2 heterocycles. The van der Waals surface area contributed by atoms with Crippen LogP contribution >= 0.6 is 23.2 Å². The molecule has 2 aromatic heterocycles. The van der Waals surface area contributed by atoms with Gasteiger partial charge < -0.3 is 10.1 Å². The lowest BCUT2D eigenvalue weighted by atomic mass is 10.2. The van der Waals surface area contributed by atoms with E-state index in [-0.39, 0.29) is 5.91 Å². The van der Waals surface area contributed by atoms with Crippen LogP contribution in [0.15, 0.2) is 72.9 Å². The van der Waals surface area contributed by atoms with Crippen LogP contribution in [0.4, 0.5) is 5.82 Å². The van der Waals surface area contributed by atoms with Crippen molar-refractivity contribution in [2.75, 3.05) is 5.32 Å². The summed E-state index contributed by atoms with van der Waals surface area (Å²) in [7, 11) is 0. The van der Waals surface area contributed by atoms with E-state index in [0.717, 1.165) is 0 Å². The number of anilines is 1. The lowest BCUT2D eigenvalue weighted by molar-refractivity contribution is 0.102. The molecule has 0 saturated carbocycles. The molecule has 0 aliphatic rings. The average molecular weight is 439 g/mol. The Morgan fingerprint density at radius 2 is 1.77 bits per heavy atom. The highest BCUT2D eigenvalue weighted by Crippen LogP contribution is 2.26. The molecule has 0 aliphatic carbocycles. The van der Waals surface area contributed by atoms with Crippen molar-refractivity contribution in [3.63, 3.8) is 0 Å². The highest BCUT2D eigenvalue weighted by molar-refractivity contribution is 6.35. The fraction of sp³-hybridized carbons (Fsp3) is 0.0455. The number of benzene rings is 2. The van der Waals surface area contributed by atoms with Crippen LogP contribution in [0.1, 0.15) is 16.1 Å². The van der Waals surface area contributed by atoms with Gasteiger partial charge in [0, 0.05) is 17.8 Å². The molecule has 6 nitrogen and oxygen atoms in total. The predicted octanol–water partition coefficient (Wildman–Crippen LogP) is 5.93. The van der Waals surface area contributed by atoms with E-state index in [1.54, 1.807) is 36.4 Å². The zero-order valence-corrected chi connectivity index (χ0v) is 17.4. The monoisotopic (exact) mass is 438 g/mol. The van der Waals surface area contributed by atoms with Crippen LogP contribution in [0.3, 0.4) is 0 Å². The van der Waals surface area contributed by atoms with Crippen molar-refractivity contribution in [1.82, 2.24) is 14.8 Å². The number of hydrogen-bond acceptors (Lipinski definition) is 4. The molecular formula is C22H16Cl2N4O2. The highest BCUT2D eigenvalue weighted by atomic mass is 35.5. The van der Waals surface area contributed by atoms with E-state index in [1.807, 2.05) is 37.3 Å². The second-order valence-corrected chi connectivity index (χ2v) is 7.28. The number of para-hydroxylation sites is 1. The number of nitrogens with zero attached hydrogens (tertiary/aromatic N) is 3. The third kappa shape index (κ3) is 4.45. The van der Waals surface area contributed by atoms with Gasteiger partial charge in [0.15, 0.2) is 5.82 Å². The molecule has 1 N–H and O–H groups in total. The van der Waals surface area contributed by atoms with Crippen molar-refractivity contribution in [2.45, 2.75) is 6.92 Å². The van der Waals surface area contributed by atoms with E-state index in [4.69, 9.17) is 27.9 Å². The summed E-state index contributed by atoms with van der Waals surface area (Å²) in [6.45, 7) is 1.81. The summed E-state index contributed by atoms with van der Waals surface area (Å²) in [5.74, 6) is 1.72. The molecule has 0 spiro atoms. The van der Waals surface area contributed by atoms with Gasteiger partial charge in [-0.15, -0.1) is 0 Å². The number of pyridine rings is 1. The molecule has 8 heteroatoms. The fourth-order valence-electron chi connectivity index (χ4n) is 2.83. The quantitative estimate of drug-likeness (QED) is 0.419. The molecule has 0 unspecified atom stereocenters. The first kappa shape index (κ1) is 19.9. The van der Waals surface area contributed by atoms with Crippen LogP contribution in [0.2, 0.25) is 10.0 Å². The first-order chi connectivity index (χ1) is 14.5. The first-order valence-electron chi connectivity index (χ1n) is 9.02. The van der Waals surface area contributed by atoms with E-state index in [0.29, 0.717) is 44.4 Å². The number of ether oxygens (including phenoxy) is 1. The first-order valence-corrected chi connectivity index (χ1v) is 9.77. The number of aryl methyl sites for hydroxylation is 1. The number of amides is 1. The summed E-state index contributed by atoms with van der Waals surface area (Å²) in [5, 5.41) is 7.96. The summed E-state index contributed by atoms with van der Waals surface area (Å²) in [6.07, 6.45) is 1.47. The molecule has 0 bridgehead atoms. The molecule has 1 amide bonds. The molecule has 0 atom stereocenters. The molecule has 150 valence electrons. The van der Waals surface area contributed by atoms with Crippen LogP contribution in [0, 0.1) is 6.92 Å². The van der Waals surface area contributed by atoms with Gasteiger partial charge in [-0.3, -0.25) is 4.79 Å².